The molecule has 6 nitrogen and oxygen atoms in total. The van der Waals surface area contributed by atoms with Gasteiger partial charge in [-0.2, -0.15) is 5.10 Å². The van der Waals surface area contributed by atoms with E-state index in [-0.39, 0.29) is 0 Å². The van der Waals surface area contributed by atoms with E-state index in [2.05, 4.69) is 20.2 Å². The third kappa shape index (κ3) is 2.33. The third-order valence-electron chi connectivity index (χ3n) is 4.45. The SMILES string of the molecule is NC(=O)C(c1ccc(F)cc1)(c1cccnc1)c1cc2cn[nH]c2cn1. The summed E-state index contributed by atoms with van der Waals surface area (Å²) in [5, 5.41) is 7.59. The molecule has 0 bridgehead atoms. The number of hydrogen-bond donors (Lipinski definition) is 2. The van der Waals surface area contributed by atoms with Crippen molar-refractivity contribution in [2.24, 2.45) is 5.73 Å². The van der Waals surface area contributed by atoms with Crippen LogP contribution in [0.2, 0.25) is 0 Å². The van der Waals surface area contributed by atoms with Crippen molar-refractivity contribution in [2.75, 3.05) is 0 Å². The predicted molar refractivity (Wildman–Crippen MR) is 93.6 cm³/mol. The Labute approximate surface area is 147 Å². The van der Waals surface area contributed by atoms with Gasteiger partial charge in [0.25, 0.3) is 0 Å². The third-order valence-corrected chi connectivity index (χ3v) is 4.45. The van der Waals surface area contributed by atoms with Gasteiger partial charge in [-0.15, -0.1) is 0 Å². The number of nitrogens with two attached hydrogens (primary N) is 1. The second-order valence-electron chi connectivity index (χ2n) is 5.89. The van der Waals surface area contributed by atoms with Crippen molar-refractivity contribution in [1.82, 2.24) is 20.2 Å². The highest BCUT2D eigenvalue weighted by molar-refractivity contribution is 5.95. The van der Waals surface area contributed by atoms with Crippen LogP contribution in [0, 0.1) is 5.82 Å². The number of halogens is 1. The number of carbonyl (C=O) groups excluding carboxylic acids is 1. The lowest BCUT2D eigenvalue weighted by Crippen LogP contribution is -2.44. The molecule has 3 heterocycles. The molecule has 1 amide bonds. The summed E-state index contributed by atoms with van der Waals surface area (Å²) in [5.74, 6) is -1.04. The number of benzene rings is 1. The van der Waals surface area contributed by atoms with Gasteiger partial charge in [0.1, 0.15) is 11.2 Å². The summed E-state index contributed by atoms with van der Waals surface area (Å²) in [6.07, 6.45) is 6.40. The maximum atomic E-state index is 13.5. The second kappa shape index (κ2) is 6.03. The van der Waals surface area contributed by atoms with E-state index in [0.29, 0.717) is 16.8 Å². The molecule has 26 heavy (non-hydrogen) atoms. The quantitative estimate of drug-likeness (QED) is 0.592. The highest BCUT2D eigenvalue weighted by Gasteiger charge is 2.44. The number of nitrogens with one attached hydrogen (secondary N) is 1. The Kier molecular flexibility index (Phi) is 3.69. The minimum absolute atomic E-state index is 0.406. The van der Waals surface area contributed by atoms with E-state index in [4.69, 9.17) is 5.73 Å². The van der Waals surface area contributed by atoms with Crippen LogP contribution in [-0.4, -0.2) is 26.1 Å². The van der Waals surface area contributed by atoms with Gasteiger partial charge in [-0.05, 0) is 35.4 Å². The van der Waals surface area contributed by atoms with Gasteiger partial charge >= 0.3 is 0 Å². The standard InChI is InChI=1S/C19H14FN5O/c20-15-5-3-13(4-6-15)19(18(21)26,14-2-1-7-22-10-14)17-8-12-9-24-25-16(12)11-23-17/h1-11H,(H2,21,26)(H,24,25). The highest BCUT2D eigenvalue weighted by atomic mass is 19.1. The lowest BCUT2D eigenvalue weighted by atomic mass is 9.71. The molecule has 4 rings (SSSR count). The molecule has 4 aromatic rings. The maximum absolute atomic E-state index is 13.5. The normalized spacial score (nSPS) is 13.4. The summed E-state index contributed by atoms with van der Waals surface area (Å²) in [6, 6.07) is 10.9. The average molecular weight is 347 g/mol. The molecule has 0 saturated carbocycles. The first kappa shape index (κ1) is 15.9. The first-order valence-electron chi connectivity index (χ1n) is 7.88. The monoisotopic (exact) mass is 347 g/mol. The molecule has 0 spiro atoms. The van der Waals surface area contributed by atoms with Gasteiger partial charge in [-0.1, -0.05) is 18.2 Å². The number of fused-ring (bicyclic) bond motifs is 1. The molecule has 1 atom stereocenters. The van der Waals surface area contributed by atoms with Crippen LogP contribution in [-0.2, 0) is 10.2 Å². The van der Waals surface area contributed by atoms with E-state index in [1.54, 1.807) is 43.0 Å². The molecule has 128 valence electrons. The number of pyridine rings is 2. The first-order chi connectivity index (χ1) is 12.6. The van der Waals surface area contributed by atoms with Crippen molar-refractivity contribution in [2.45, 2.75) is 5.41 Å². The molecule has 0 aliphatic carbocycles. The number of nitrogens with zero attached hydrogens (tertiary/aromatic N) is 3. The zero-order valence-electron chi connectivity index (χ0n) is 13.6. The second-order valence-corrected chi connectivity index (χ2v) is 5.89. The lowest BCUT2D eigenvalue weighted by molar-refractivity contribution is -0.121. The molecule has 0 aliphatic heterocycles. The van der Waals surface area contributed by atoms with Crippen LogP contribution < -0.4 is 5.73 Å². The van der Waals surface area contributed by atoms with Crippen molar-refractivity contribution >= 4 is 16.8 Å². The summed E-state index contributed by atoms with van der Waals surface area (Å²) >= 11 is 0. The van der Waals surface area contributed by atoms with Crippen LogP contribution >= 0.6 is 0 Å². The Morgan fingerprint density at radius 2 is 1.88 bits per heavy atom. The molecule has 1 aromatic carbocycles. The van der Waals surface area contributed by atoms with Crippen molar-refractivity contribution in [1.29, 1.82) is 0 Å². The molecule has 1 unspecified atom stereocenters. The number of H-pyrrole nitrogens is 1. The van der Waals surface area contributed by atoms with Crippen molar-refractivity contribution in [3.05, 3.63) is 89.9 Å². The van der Waals surface area contributed by atoms with Gasteiger partial charge in [0, 0.05) is 17.8 Å². The van der Waals surface area contributed by atoms with Crippen molar-refractivity contribution in [3.8, 4) is 0 Å². The Bertz CT molecular complexity index is 1080. The molecule has 0 fully saturated rings. The van der Waals surface area contributed by atoms with Gasteiger partial charge in [0.2, 0.25) is 5.91 Å². The first-order valence-corrected chi connectivity index (χ1v) is 7.88. The minimum Gasteiger partial charge on any atom is -0.368 e. The van der Waals surface area contributed by atoms with Gasteiger partial charge < -0.3 is 5.73 Å². The summed E-state index contributed by atoms with van der Waals surface area (Å²) in [5.41, 5.74) is 6.70. The van der Waals surface area contributed by atoms with Crippen LogP contribution in [0.15, 0.2) is 67.3 Å². The van der Waals surface area contributed by atoms with Crippen LogP contribution in [0.4, 0.5) is 4.39 Å². The minimum atomic E-state index is -1.41. The molecule has 0 radical (unpaired) electrons. The van der Waals surface area contributed by atoms with Crippen LogP contribution in [0.3, 0.4) is 0 Å². The lowest BCUT2D eigenvalue weighted by Gasteiger charge is -2.31. The molecular weight excluding hydrogens is 333 g/mol. The molecule has 0 saturated heterocycles. The number of amides is 1. The van der Waals surface area contributed by atoms with E-state index < -0.39 is 17.1 Å². The molecule has 7 heteroatoms. The summed E-state index contributed by atoms with van der Waals surface area (Å²) in [7, 11) is 0. The number of carbonyl (C=O) groups is 1. The topological polar surface area (TPSA) is 97.5 Å². The van der Waals surface area contributed by atoms with E-state index >= 15 is 0 Å². The van der Waals surface area contributed by atoms with Gasteiger partial charge in [-0.25, -0.2) is 4.39 Å². The number of rotatable bonds is 4. The molecular formula is C19H14FN5O. The Hall–Kier alpha value is -3.61. The Balaban J connectivity index is 2.07. The number of hydrogen-bond acceptors (Lipinski definition) is 4. The zero-order chi connectivity index (χ0) is 18.1. The van der Waals surface area contributed by atoms with Crippen molar-refractivity contribution < 1.29 is 9.18 Å². The molecule has 0 aliphatic rings. The number of aromatic nitrogens is 4. The van der Waals surface area contributed by atoms with Gasteiger partial charge in [0.05, 0.1) is 23.6 Å². The van der Waals surface area contributed by atoms with Crippen LogP contribution in [0.25, 0.3) is 10.9 Å². The predicted octanol–water partition coefficient (Wildman–Crippen LogP) is 2.31. The van der Waals surface area contributed by atoms with Crippen LogP contribution in [0.1, 0.15) is 16.8 Å². The fourth-order valence-electron chi connectivity index (χ4n) is 3.21. The largest absolute Gasteiger partial charge is 0.368 e. The van der Waals surface area contributed by atoms with Crippen molar-refractivity contribution in [3.63, 3.8) is 0 Å². The number of aromatic amines is 1. The summed E-state index contributed by atoms with van der Waals surface area (Å²) in [4.78, 5) is 21.4. The number of primary amides is 1. The molecule has 3 aromatic heterocycles. The van der Waals surface area contributed by atoms with Gasteiger partial charge in [0.15, 0.2) is 0 Å². The molecule has 3 N–H and O–H groups in total. The van der Waals surface area contributed by atoms with Crippen LogP contribution in [0.5, 0.6) is 0 Å². The highest BCUT2D eigenvalue weighted by Crippen LogP contribution is 2.38. The van der Waals surface area contributed by atoms with E-state index in [1.165, 1.54) is 24.3 Å². The Morgan fingerprint density at radius 3 is 2.58 bits per heavy atom. The fraction of sp³-hybridized carbons (Fsp3) is 0.0526. The summed E-state index contributed by atoms with van der Waals surface area (Å²) < 4.78 is 13.5. The van der Waals surface area contributed by atoms with E-state index in [0.717, 1.165) is 10.9 Å². The zero-order valence-corrected chi connectivity index (χ0v) is 13.6. The average Bonchev–Trinajstić information content (AvgIpc) is 3.12. The van der Waals surface area contributed by atoms with E-state index in [1.807, 2.05) is 0 Å². The Morgan fingerprint density at radius 1 is 1.08 bits per heavy atom. The summed E-state index contributed by atoms with van der Waals surface area (Å²) in [6.45, 7) is 0. The van der Waals surface area contributed by atoms with E-state index in [9.17, 15) is 9.18 Å². The van der Waals surface area contributed by atoms with Gasteiger partial charge in [-0.3, -0.25) is 19.9 Å². The smallest absolute Gasteiger partial charge is 0.238 e. The fourth-order valence-corrected chi connectivity index (χ4v) is 3.21. The maximum Gasteiger partial charge on any atom is 0.238 e.